The number of hydrogen-bond donors (Lipinski definition) is 1. The molecule has 0 aromatic heterocycles. The molecule has 0 amide bonds. The highest BCUT2D eigenvalue weighted by Crippen LogP contribution is 2.32. The van der Waals surface area contributed by atoms with Crippen molar-refractivity contribution in [1.29, 1.82) is 0 Å². The molecule has 0 spiro atoms. The zero-order chi connectivity index (χ0) is 13.1. The number of aryl methyl sites for hydroxylation is 2. The van der Waals surface area contributed by atoms with Gasteiger partial charge in [0.2, 0.25) is 0 Å². The summed E-state index contributed by atoms with van der Waals surface area (Å²) in [5.74, 6) is 0. The van der Waals surface area contributed by atoms with E-state index in [0.717, 1.165) is 19.4 Å². The van der Waals surface area contributed by atoms with Gasteiger partial charge in [-0.25, -0.2) is 0 Å². The molecule has 0 aliphatic heterocycles. The first kappa shape index (κ1) is 13.1. The van der Waals surface area contributed by atoms with E-state index in [1.165, 1.54) is 55.2 Å². The van der Waals surface area contributed by atoms with Gasteiger partial charge in [0.05, 0.1) is 12.2 Å². The molecule has 2 N–H and O–H groups in total. The molecule has 0 unspecified atom stereocenters. The highest BCUT2D eigenvalue weighted by Gasteiger charge is 2.31. The first-order valence-electron chi connectivity index (χ1n) is 7.76. The van der Waals surface area contributed by atoms with E-state index in [9.17, 15) is 0 Å². The molecule has 3 rings (SSSR count). The number of ether oxygens (including phenoxy) is 1. The second-order valence-electron chi connectivity index (χ2n) is 6.19. The molecule has 1 aromatic rings. The maximum atomic E-state index is 6.24. The van der Waals surface area contributed by atoms with Crippen LogP contribution in [0.2, 0.25) is 0 Å². The number of rotatable bonds is 4. The van der Waals surface area contributed by atoms with E-state index in [1.807, 2.05) is 0 Å². The first-order chi connectivity index (χ1) is 9.31. The molecular formula is C17H25NO. The maximum Gasteiger partial charge on any atom is 0.0808 e. The fraction of sp³-hybridized carbons (Fsp3) is 0.647. The summed E-state index contributed by atoms with van der Waals surface area (Å²) in [6.07, 6.45) is 9.94. The van der Waals surface area contributed by atoms with Crippen molar-refractivity contribution in [3.63, 3.8) is 0 Å². The Labute approximate surface area is 116 Å². The summed E-state index contributed by atoms with van der Waals surface area (Å²) in [4.78, 5) is 0. The monoisotopic (exact) mass is 259 g/mol. The van der Waals surface area contributed by atoms with Crippen LogP contribution in [0.3, 0.4) is 0 Å². The third-order valence-electron chi connectivity index (χ3n) is 4.84. The Morgan fingerprint density at radius 1 is 1.00 bits per heavy atom. The lowest BCUT2D eigenvalue weighted by Gasteiger charge is -2.36. The Hall–Kier alpha value is -0.860. The van der Waals surface area contributed by atoms with Gasteiger partial charge >= 0.3 is 0 Å². The average molecular weight is 259 g/mol. The van der Waals surface area contributed by atoms with Crippen molar-refractivity contribution < 1.29 is 4.74 Å². The van der Waals surface area contributed by atoms with E-state index in [2.05, 4.69) is 18.2 Å². The molecule has 1 saturated carbocycles. The van der Waals surface area contributed by atoms with Gasteiger partial charge in [0, 0.05) is 6.54 Å². The van der Waals surface area contributed by atoms with Gasteiger partial charge in [0.15, 0.2) is 0 Å². The Kier molecular flexibility index (Phi) is 3.90. The molecule has 0 radical (unpaired) electrons. The zero-order valence-electron chi connectivity index (χ0n) is 11.8. The smallest absolute Gasteiger partial charge is 0.0808 e. The Morgan fingerprint density at radius 2 is 1.79 bits per heavy atom. The molecule has 1 fully saturated rings. The molecule has 0 saturated heterocycles. The summed E-state index contributed by atoms with van der Waals surface area (Å²) in [6, 6.07) is 6.86. The van der Waals surface area contributed by atoms with Crippen LogP contribution in [0.5, 0.6) is 0 Å². The summed E-state index contributed by atoms with van der Waals surface area (Å²) in [5.41, 5.74) is 10.3. The first-order valence-corrected chi connectivity index (χ1v) is 7.76. The third kappa shape index (κ3) is 2.85. The van der Waals surface area contributed by atoms with E-state index in [-0.39, 0.29) is 5.60 Å². The predicted octanol–water partition coefficient (Wildman–Crippen LogP) is 3.35. The fourth-order valence-electron chi connectivity index (χ4n) is 3.55. The van der Waals surface area contributed by atoms with Crippen LogP contribution in [0, 0.1) is 0 Å². The standard InChI is InChI=1S/C17H25NO/c18-13-17(9-2-1-3-10-17)19-12-14-7-8-15-5-4-6-16(15)11-14/h7-8,11H,1-6,9-10,12-13,18H2. The molecule has 0 bridgehead atoms. The summed E-state index contributed by atoms with van der Waals surface area (Å²) >= 11 is 0. The largest absolute Gasteiger partial charge is 0.369 e. The summed E-state index contributed by atoms with van der Waals surface area (Å²) in [5, 5.41) is 0. The van der Waals surface area contributed by atoms with Crippen molar-refractivity contribution in [3.8, 4) is 0 Å². The molecule has 2 nitrogen and oxygen atoms in total. The third-order valence-corrected chi connectivity index (χ3v) is 4.84. The number of fused-ring (bicyclic) bond motifs is 1. The molecule has 2 heteroatoms. The fourth-order valence-corrected chi connectivity index (χ4v) is 3.55. The van der Waals surface area contributed by atoms with Gasteiger partial charge in [-0.05, 0) is 48.8 Å². The molecule has 0 heterocycles. The van der Waals surface area contributed by atoms with E-state index in [4.69, 9.17) is 10.5 Å². The summed E-state index contributed by atoms with van der Waals surface area (Å²) < 4.78 is 6.24. The Bertz CT molecular complexity index is 435. The minimum absolute atomic E-state index is 0.0444. The van der Waals surface area contributed by atoms with Crippen LogP contribution in [-0.2, 0) is 24.2 Å². The quantitative estimate of drug-likeness (QED) is 0.900. The van der Waals surface area contributed by atoms with Gasteiger partial charge in [0.1, 0.15) is 0 Å². The van der Waals surface area contributed by atoms with Gasteiger partial charge in [-0.3, -0.25) is 0 Å². The topological polar surface area (TPSA) is 35.2 Å². The number of nitrogens with two attached hydrogens (primary N) is 1. The van der Waals surface area contributed by atoms with Gasteiger partial charge in [-0.1, -0.05) is 37.5 Å². The van der Waals surface area contributed by atoms with Gasteiger partial charge in [-0.2, -0.15) is 0 Å². The highest BCUT2D eigenvalue weighted by atomic mass is 16.5. The lowest BCUT2D eigenvalue weighted by atomic mass is 9.84. The molecule has 2 aliphatic carbocycles. The van der Waals surface area contributed by atoms with Crippen LogP contribution >= 0.6 is 0 Å². The number of hydrogen-bond acceptors (Lipinski definition) is 2. The molecule has 1 aromatic carbocycles. The van der Waals surface area contributed by atoms with Gasteiger partial charge < -0.3 is 10.5 Å². The minimum Gasteiger partial charge on any atom is -0.369 e. The van der Waals surface area contributed by atoms with Crippen LogP contribution < -0.4 is 5.73 Å². The van der Waals surface area contributed by atoms with E-state index in [0.29, 0.717) is 6.54 Å². The summed E-state index contributed by atoms with van der Waals surface area (Å²) in [6.45, 7) is 1.39. The predicted molar refractivity (Wildman–Crippen MR) is 78.1 cm³/mol. The Morgan fingerprint density at radius 3 is 2.58 bits per heavy atom. The molecule has 0 atom stereocenters. The van der Waals surface area contributed by atoms with Crippen molar-refractivity contribution in [2.45, 2.75) is 63.6 Å². The number of benzene rings is 1. The van der Waals surface area contributed by atoms with Gasteiger partial charge in [-0.15, -0.1) is 0 Å². The van der Waals surface area contributed by atoms with Crippen LogP contribution in [0.25, 0.3) is 0 Å². The van der Waals surface area contributed by atoms with Crippen LogP contribution in [0.4, 0.5) is 0 Å². The van der Waals surface area contributed by atoms with Gasteiger partial charge in [0.25, 0.3) is 0 Å². The summed E-state index contributed by atoms with van der Waals surface area (Å²) in [7, 11) is 0. The van der Waals surface area contributed by atoms with Crippen LogP contribution in [-0.4, -0.2) is 12.1 Å². The normalized spacial score (nSPS) is 21.3. The molecular weight excluding hydrogens is 234 g/mol. The Balaban J connectivity index is 1.65. The maximum absolute atomic E-state index is 6.24. The lowest BCUT2D eigenvalue weighted by Crippen LogP contribution is -2.42. The second kappa shape index (κ2) is 5.64. The van der Waals surface area contributed by atoms with E-state index >= 15 is 0 Å². The van der Waals surface area contributed by atoms with Crippen LogP contribution in [0.15, 0.2) is 18.2 Å². The van der Waals surface area contributed by atoms with Crippen molar-refractivity contribution in [2.24, 2.45) is 5.73 Å². The minimum atomic E-state index is -0.0444. The van der Waals surface area contributed by atoms with Crippen molar-refractivity contribution in [3.05, 3.63) is 34.9 Å². The average Bonchev–Trinajstić information content (AvgIpc) is 2.93. The highest BCUT2D eigenvalue weighted by molar-refractivity contribution is 5.35. The molecule has 104 valence electrons. The van der Waals surface area contributed by atoms with E-state index < -0.39 is 0 Å². The molecule has 19 heavy (non-hydrogen) atoms. The van der Waals surface area contributed by atoms with Crippen molar-refractivity contribution in [1.82, 2.24) is 0 Å². The second-order valence-corrected chi connectivity index (χ2v) is 6.19. The van der Waals surface area contributed by atoms with Crippen molar-refractivity contribution >= 4 is 0 Å². The SMILES string of the molecule is NCC1(OCc2ccc3c(c2)CCC3)CCCCC1. The van der Waals surface area contributed by atoms with Crippen LogP contribution in [0.1, 0.15) is 55.2 Å². The zero-order valence-corrected chi connectivity index (χ0v) is 11.8. The van der Waals surface area contributed by atoms with Crippen molar-refractivity contribution in [2.75, 3.05) is 6.54 Å². The molecule has 2 aliphatic rings. The van der Waals surface area contributed by atoms with E-state index in [1.54, 1.807) is 0 Å². The lowest BCUT2D eigenvalue weighted by molar-refractivity contribution is -0.0733.